The van der Waals surface area contributed by atoms with Gasteiger partial charge in [0, 0.05) is 13.0 Å². The molecule has 0 heterocycles. The first kappa shape index (κ1) is 33.6. The lowest BCUT2D eigenvalue weighted by atomic mass is 10.0. The lowest BCUT2D eigenvalue weighted by Crippen LogP contribution is -2.30. The van der Waals surface area contributed by atoms with Crippen molar-refractivity contribution in [2.75, 3.05) is 20.2 Å². The van der Waals surface area contributed by atoms with Crippen LogP contribution in [0, 0.1) is 0 Å². The highest BCUT2D eigenvalue weighted by Gasteiger charge is 2.34. The van der Waals surface area contributed by atoms with Crippen LogP contribution in [0.4, 0.5) is 13.2 Å². The fraction of sp³-hybridized carbons (Fsp3) is 0.257. The first-order valence-electron chi connectivity index (χ1n) is 14.3. The molecule has 0 spiro atoms. The normalized spacial score (nSPS) is 12.6. The minimum atomic E-state index is -4.60. The number of methoxy groups -OCH3 is 1. The fourth-order valence-corrected chi connectivity index (χ4v) is 5.04. The van der Waals surface area contributed by atoms with E-state index in [1.165, 1.54) is 13.2 Å². The van der Waals surface area contributed by atoms with E-state index in [2.05, 4.69) is 5.32 Å². The van der Waals surface area contributed by atoms with Gasteiger partial charge in [-0.15, -0.1) is 0 Å². The summed E-state index contributed by atoms with van der Waals surface area (Å²) >= 11 is 6.22. The van der Waals surface area contributed by atoms with E-state index in [9.17, 15) is 22.8 Å². The predicted molar refractivity (Wildman–Crippen MR) is 165 cm³/mol. The molecular formula is C35H33ClF3NO5. The molecule has 0 saturated carbocycles. The van der Waals surface area contributed by atoms with Crippen LogP contribution in [-0.2, 0) is 33.3 Å². The van der Waals surface area contributed by atoms with Crippen molar-refractivity contribution in [3.63, 3.8) is 0 Å². The average molecular weight is 640 g/mol. The largest absolute Gasteiger partial charge is 0.490 e. The number of hydrogen-bond donors (Lipinski definition) is 1. The first-order chi connectivity index (χ1) is 21.6. The van der Waals surface area contributed by atoms with Crippen molar-refractivity contribution in [3.8, 4) is 5.75 Å². The van der Waals surface area contributed by atoms with Crippen molar-refractivity contribution in [1.29, 1.82) is 0 Å². The Morgan fingerprint density at radius 1 is 0.889 bits per heavy atom. The van der Waals surface area contributed by atoms with Crippen LogP contribution in [0.2, 0.25) is 5.02 Å². The lowest BCUT2D eigenvalue weighted by Gasteiger charge is -2.23. The second kappa shape index (κ2) is 16.1. The van der Waals surface area contributed by atoms with E-state index in [0.29, 0.717) is 35.4 Å². The van der Waals surface area contributed by atoms with Crippen LogP contribution < -0.4 is 10.1 Å². The van der Waals surface area contributed by atoms with E-state index in [1.54, 1.807) is 54.6 Å². The highest BCUT2D eigenvalue weighted by atomic mass is 35.5. The fourth-order valence-electron chi connectivity index (χ4n) is 4.73. The molecule has 0 aliphatic rings. The summed E-state index contributed by atoms with van der Waals surface area (Å²) in [6.45, 7) is 0.670. The van der Waals surface area contributed by atoms with Crippen LogP contribution in [0.3, 0.4) is 0 Å². The molecule has 1 N–H and O–H groups in total. The second-order valence-corrected chi connectivity index (χ2v) is 10.7. The summed E-state index contributed by atoms with van der Waals surface area (Å²) in [6, 6.07) is 28.7. The summed E-state index contributed by atoms with van der Waals surface area (Å²) in [5.74, 6) is -0.425. The van der Waals surface area contributed by atoms with E-state index in [0.717, 1.165) is 11.6 Å². The van der Waals surface area contributed by atoms with E-state index < -0.39 is 35.9 Å². The summed E-state index contributed by atoms with van der Waals surface area (Å²) < 4.78 is 57.5. The number of benzene rings is 4. The van der Waals surface area contributed by atoms with Gasteiger partial charge in [-0.05, 0) is 60.0 Å². The van der Waals surface area contributed by atoms with Gasteiger partial charge in [0.1, 0.15) is 18.0 Å². The third-order valence-corrected chi connectivity index (χ3v) is 7.46. The molecule has 4 aromatic rings. The molecule has 4 rings (SSSR count). The number of halogens is 4. The van der Waals surface area contributed by atoms with Crippen LogP contribution in [-0.4, -0.2) is 38.2 Å². The molecule has 2 unspecified atom stereocenters. The van der Waals surface area contributed by atoms with Gasteiger partial charge in [-0.2, -0.15) is 13.2 Å². The molecule has 236 valence electrons. The Balaban J connectivity index is 1.48. The van der Waals surface area contributed by atoms with Crippen molar-refractivity contribution in [2.24, 2.45) is 0 Å². The topological polar surface area (TPSA) is 73.9 Å². The zero-order valence-electron chi connectivity index (χ0n) is 24.6. The number of hydrogen-bond acceptors (Lipinski definition) is 6. The molecule has 0 amide bonds. The standard InChI is InChI=1S/C35H33ClF3NO5/c1-43-32(41)21-24-10-8-16-28(20-24)44-29(22-27-15-9-17-30(33(27)36)35(37,38)39)18-19-40-23-31(25-11-4-2-5-12-25)45-34(42)26-13-6-3-7-14-26/h2-17,20,29,31,40H,18-19,21-23H2,1H3. The monoisotopic (exact) mass is 639 g/mol. The molecule has 0 radical (unpaired) electrons. The highest BCUT2D eigenvalue weighted by Crippen LogP contribution is 2.37. The molecule has 10 heteroatoms. The predicted octanol–water partition coefficient (Wildman–Crippen LogP) is 7.64. The van der Waals surface area contributed by atoms with Gasteiger partial charge in [0.05, 0.1) is 29.7 Å². The molecule has 45 heavy (non-hydrogen) atoms. The molecule has 0 aliphatic heterocycles. The van der Waals surface area contributed by atoms with Crippen molar-refractivity contribution in [1.82, 2.24) is 5.32 Å². The second-order valence-electron chi connectivity index (χ2n) is 10.3. The maximum absolute atomic E-state index is 13.6. The number of alkyl halides is 3. The van der Waals surface area contributed by atoms with Gasteiger partial charge in [0.25, 0.3) is 0 Å². The van der Waals surface area contributed by atoms with Crippen molar-refractivity contribution in [3.05, 3.63) is 136 Å². The Hall–Kier alpha value is -4.34. The molecule has 4 aromatic carbocycles. The summed E-state index contributed by atoms with van der Waals surface area (Å²) in [5.41, 5.74) is 1.28. The van der Waals surface area contributed by atoms with E-state index >= 15 is 0 Å². The number of carbonyl (C=O) groups excluding carboxylic acids is 2. The lowest BCUT2D eigenvalue weighted by molar-refractivity contribution is -0.140. The molecule has 6 nitrogen and oxygen atoms in total. The van der Waals surface area contributed by atoms with E-state index in [4.69, 9.17) is 25.8 Å². The summed E-state index contributed by atoms with van der Waals surface area (Å²) in [7, 11) is 1.30. The Morgan fingerprint density at radius 2 is 1.58 bits per heavy atom. The number of esters is 2. The number of rotatable bonds is 14. The van der Waals surface area contributed by atoms with Gasteiger partial charge in [-0.25, -0.2) is 4.79 Å². The average Bonchev–Trinajstić information content (AvgIpc) is 3.03. The van der Waals surface area contributed by atoms with Crippen LogP contribution in [0.1, 0.15) is 45.1 Å². The number of ether oxygens (including phenoxy) is 3. The third-order valence-electron chi connectivity index (χ3n) is 7.01. The Kier molecular flexibility index (Phi) is 12.0. The SMILES string of the molecule is COC(=O)Cc1cccc(OC(CCNCC(OC(=O)c2ccccc2)c2ccccc2)Cc2cccc(C(F)(F)F)c2Cl)c1. The molecule has 2 atom stereocenters. The van der Waals surface area contributed by atoms with Crippen LogP contribution >= 0.6 is 11.6 Å². The summed E-state index contributed by atoms with van der Waals surface area (Å²) in [4.78, 5) is 24.6. The Labute approximate surface area is 265 Å². The molecule has 0 aromatic heterocycles. The zero-order valence-corrected chi connectivity index (χ0v) is 25.3. The number of nitrogens with one attached hydrogen (secondary N) is 1. The van der Waals surface area contributed by atoms with Crippen molar-refractivity contribution < 1.29 is 37.0 Å². The quantitative estimate of drug-likeness (QED) is 0.113. The highest BCUT2D eigenvalue weighted by molar-refractivity contribution is 6.32. The Bertz CT molecular complexity index is 1550. The smallest absolute Gasteiger partial charge is 0.417 e. The molecule has 0 fully saturated rings. The number of carbonyl (C=O) groups is 2. The first-order valence-corrected chi connectivity index (χ1v) is 14.7. The van der Waals surface area contributed by atoms with Gasteiger partial charge in [0.15, 0.2) is 0 Å². The molecule has 0 bridgehead atoms. The van der Waals surface area contributed by atoms with Crippen LogP contribution in [0.15, 0.2) is 103 Å². The van der Waals surface area contributed by atoms with Gasteiger partial charge < -0.3 is 19.5 Å². The van der Waals surface area contributed by atoms with E-state index in [-0.39, 0.29) is 24.4 Å². The maximum atomic E-state index is 13.6. The van der Waals surface area contributed by atoms with Gasteiger partial charge >= 0.3 is 18.1 Å². The van der Waals surface area contributed by atoms with E-state index in [1.807, 2.05) is 36.4 Å². The van der Waals surface area contributed by atoms with Gasteiger partial charge in [0.2, 0.25) is 0 Å². The minimum Gasteiger partial charge on any atom is -0.490 e. The third kappa shape index (κ3) is 10.1. The van der Waals surface area contributed by atoms with Gasteiger partial charge in [-0.1, -0.05) is 84.4 Å². The molecule has 0 saturated heterocycles. The zero-order chi connectivity index (χ0) is 32.2. The van der Waals surface area contributed by atoms with Crippen LogP contribution in [0.25, 0.3) is 0 Å². The summed E-state index contributed by atoms with van der Waals surface area (Å²) in [6.07, 6.45) is -5.27. The minimum absolute atomic E-state index is 0.0436. The van der Waals surface area contributed by atoms with Crippen LogP contribution in [0.5, 0.6) is 5.75 Å². The Morgan fingerprint density at radius 3 is 2.27 bits per heavy atom. The molecular weight excluding hydrogens is 607 g/mol. The summed E-state index contributed by atoms with van der Waals surface area (Å²) in [5, 5.41) is 2.93. The molecule has 0 aliphatic carbocycles. The van der Waals surface area contributed by atoms with Gasteiger partial charge in [-0.3, -0.25) is 4.79 Å². The van der Waals surface area contributed by atoms with Crippen molar-refractivity contribution >= 4 is 23.5 Å². The maximum Gasteiger partial charge on any atom is 0.417 e. The van der Waals surface area contributed by atoms with Crippen molar-refractivity contribution in [2.45, 2.75) is 37.6 Å².